The SMILES string of the molecule is CCOC(=O)Cc1noc(CNC(=O)c2ccc(-c3cccc(F)c3)nc2)n1. The molecule has 3 aromatic rings. The second kappa shape index (κ2) is 8.85. The molecular weight excluding hydrogens is 367 g/mol. The number of nitrogens with zero attached hydrogens (tertiary/aromatic N) is 3. The van der Waals surface area contributed by atoms with E-state index >= 15 is 0 Å². The van der Waals surface area contributed by atoms with Crippen LogP contribution in [0.25, 0.3) is 11.3 Å². The van der Waals surface area contributed by atoms with Crippen LogP contribution < -0.4 is 5.32 Å². The van der Waals surface area contributed by atoms with E-state index in [1.165, 1.54) is 18.3 Å². The van der Waals surface area contributed by atoms with Crippen molar-refractivity contribution >= 4 is 11.9 Å². The van der Waals surface area contributed by atoms with E-state index in [0.29, 0.717) is 16.8 Å². The molecule has 0 atom stereocenters. The zero-order valence-electron chi connectivity index (χ0n) is 15.0. The van der Waals surface area contributed by atoms with Gasteiger partial charge >= 0.3 is 5.97 Å². The van der Waals surface area contributed by atoms with Crippen molar-refractivity contribution in [2.45, 2.75) is 19.9 Å². The lowest BCUT2D eigenvalue weighted by molar-refractivity contribution is -0.142. The normalized spacial score (nSPS) is 10.5. The van der Waals surface area contributed by atoms with Crippen LogP contribution in [0.3, 0.4) is 0 Å². The van der Waals surface area contributed by atoms with Crippen molar-refractivity contribution in [3.63, 3.8) is 0 Å². The summed E-state index contributed by atoms with van der Waals surface area (Å²) in [6.07, 6.45) is 1.30. The molecule has 9 heteroatoms. The lowest BCUT2D eigenvalue weighted by atomic mass is 10.1. The van der Waals surface area contributed by atoms with Gasteiger partial charge in [0.15, 0.2) is 5.82 Å². The Labute approximate surface area is 159 Å². The van der Waals surface area contributed by atoms with Crippen molar-refractivity contribution in [1.29, 1.82) is 0 Å². The first-order chi connectivity index (χ1) is 13.5. The zero-order chi connectivity index (χ0) is 19.9. The molecule has 0 bridgehead atoms. The summed E-state index contributed by atoms with van der Waals surface area (Å²) in [5.74, 6) is -0.851. The molecule has 0 fully saturated rings. The van der Waals surface area contributed by atoms with Gasteiger partial charge in [-0.15, -0.1) is 0 Å². The lowest BCUT2D eigenvalue weighted by Gasteiger charge is -2.04. The van der Waals surface area contributed by atoms with Gasteiger partial charge in [-0.05, 0) is 31.2 Å². The number of esters is 1. The number of carbonyl (C=O) groups is 2. The fourth-order valence-electron chi connectivity index (χ4n) is 2.38. The number of nitrogens with one attached hydrogen (secondary N) is 1. The van der Waals surface area contributed by atoms with E-state index in [1.54, 1.807) is 31.2 Å². The molecule has 8 nitrogen and oxygen atoms in total. The van der Waals surface area contributed by atoms with Crippen LogP contribution in [0.15, 0.2) is 47.1 Å². The van der Waals surface area contributed by atoms with Crippen molar-refractivity contribution in [2.75, 3.05) is 6.61 Å². The molecule has 144 valence electrons. The van der Waals surface area contributed by atoms with Gasteiger partial charge in [0.25, 0.3) is 5.91 Å². The number of pyridine rings is 1. The minimum absolute atomic E-state index is 0.000304. The van der Waals surface area contributed by atoms with Gasteiger partial charge in [0.05, 0.1) is 24.4 Å². The van der Waals surface area contributed by atoms with Gasteiger partial charge in [0.1, 0.15) is 12.2 Å². The van der Waals surface area contributed by atoms with Crippen molar-refractivity contribution in [3.8, 4) is 11.3 Å². The second-order valence-corrected chi connectivity index (χ2v) is 5.71. The summed E-state index contributed by atoms with van der Waals surface area (Å²) in [5.41, 5.74) is 1.50. The van der Waals surface area contributed by atoms with Gasteiger partial charge in [-0.25, -0.2) is 4.39 Å². The van der Waals surface area contributed by atoms with Crippen LogP contribution in [0.5, 0.6) is 0 Å². The Morgan fingerprint density at radius 2 is 2.11 bits per heavy atom. The van der Waals surface area contributed by atoms with Crippen LogP contribution in [0.4, 0.5) is 4.39 Å². The maximum atomic E-state index is 13.3. The Hall–Kier alpha value is -3.62. The largest absolute Gasteiger partial charge is 0.466 e. The van der Waals surface area contributed by atoms with Crippen LogP contribution >= 0.6 is 0 Å². The maximum absolute atomic E-state index is 13.3. The maximum Gasteiger partial charge on any atom is 0.313 e. The highest BCUT2D eigenvalue weighted by Gasteiger charge is 2.13. The summed E-state index contributed by atoms with van der Waals surface area (Å²) in [6.45, 7) is 1.97. The quantitative estimate of drug-likeness (QED) is 0.623. The van der Waals surface area contributed by atoms with Gasteiger partial charge in [0, 0.05) is 11.8 Å². The summed E-state index contributed by atoms with van der Waals surface area (Å²) in [6, 6.07) is 9.26. The Morgan fingerprint density at radius 3 is 2.82 bits per heavy atom. The van der Waals surface area contributed by atoms with Gasteiger partial charge in [0.2, 0.25) is 5.89 Å². The number of amides is 1. The molecule has 1 amide bonds. The average molecular weight is 384 g/mol. The molecule has 0 radical (unpaired) electrons. The van der Waals surface area contributed by atoms with E-state index in [4.69, 9.17) is 9.26 Å². The van der Waals surface area contributed by atoms with Crippen LogP contribution in [0, 0.1) is 5.82 Å². The van der Waals surface area contributed by atoms with Crippen molar-refractivity contribution in [2.24, 2.45) is 0 Å². The summed E-state index contributed by atoms with van der Waals surface area (Å²) in [5, 5.41) is 6.28. The molecule has 0 unspecified atom stereocenters. The van der Waals surface area contributed by atoms with Crippen molar-refractivity contribution in [3.05, 3.63) is 65.7 Å². The molecule has 3 rings (SSSR count). The van der Waals surface area contributed by atoms with E-state index in [-0.39, 0.29) is 43.0 Å². The number of halogens is 1. The highest BCUT2D eigenvalue weighted by atomic mass is 19.1. The smallest absolute Gasteiger partial charge is 0.313 e. The molecule has 2 heterocycles. The number of hydrogen-bond donors (Lipinski definition) is 1. The third kappa shape index (κ3) is 4.97. The molecule has 0 spiro atoms. The molecule has 0 aliphatic heterocycles. The van der Waals surface area contributed by atoms with Crippen LogP contribution in [0.1, 0.15) is 29.0 Å². The number of benzene rings is 1. The standard InChI is InChI=1S/C19H17FN4O4/c1-2-27-18(25)9-16-23-17(28-24-16)11-22-19(26)13-6-7-15(21-10-13)12-4-3-5-14(20)8-12/h3-8,10H,2,9,11H2,1H3,(H,22,26). The highest BCUT2D eigenvalue weighted by Crippen LogP contribution is 2.18. The first-order valence-electron chi connectivity index (χ1n) is 8.52. The highest BCUT2D eigenvalue weighted by molar-refractivity contribution is 5.94. The van der Waals surface area contributed by atoms with Crippen LogP contribution in [-0.4, -0.2) is 33.6 Å². The predicted molar refractivity (Wildman–Crippen MR) is 95.4 cm³/mol. The first-order valence-corrected chi connectivity index (χ1v) is 8.52. The van der Waals surface area contributed by atoms with E-state index in [1.807, 2.05) is 0 Å². The van der Waals surface area contributed by atoms with E-state index in [0.717, 1.165) is 0 Å². The van der Waals surface area contributed by atoms with Gasteiger partial charge in [-0.3, -0.25) is 14.6 Å². The van der Waals surface area contributed by atoms with Crippen molar-refractivity contribution in [1.82, 2.24) is 20.4 Å². The summed E-state index contributed by atoms with van der Waals surface area (Å²) in [7, 11) is 0. The Bertz CT molecular complexity index is 972. The topological polar surface area (TPSA) is 107 Å². The van der Waals surface area contributed by atoms with Gasteiger partial charge in [-0.1, -0.05) is 17.3 Å². The van der Waals surface area contributed by atoms with Crippen LogP contribution in [-0.2, 0) is 22.5 Å². The average Bonchev–Trinajstić information content (AvgIpc) is 3.13. The fourth-order valence-corrected chi connectivity index (χ4v) is 2.38. The minimum Gasteiger partial charge on any atom is -0.466 e. The Balaban J connectivity index is 1.56. The number of carbonyl (C=O) groups excluding carboxylic acids is 2. The van der Waals surface area contributed by atoms with E-state index < -0.39 is 5.97 Å². The third-order valence-electron chi connectivity index (χ3n) is 3.66. The van der Waals surface area contributed by atoms with E-state index in [9.17, 15) is 14.0 Å². The number of ether oxygens (including phenoxy) is 1. The molecule has 0 aliphatic carbocycles. The first kappa shape index (κ1) is 19.2. The lowest BCUT2D eigenvalue weighted by Crippen LogP contribution is -2.23. The fraction of sp³-hybridized carbons (Fsp3) is 0.211. The summed E-state index contributed by atoms with van der Waals surface area (Å²) >= 11 is 0. The van der Waals surface area contributed by atoms with Gasteiger partial charge in [-0.2, -0.15) is 4.98 Å². The number of aromatic nitrogens is 3. The minimum atomic E-state index is -0.455. The monoisotopic (exact) mass is 384 g/mol. The Morgan fingerprint density at radius 1 is 1.25 bits per heavy atom. The predicted octanol–water partition coefficient (Wildman–Crippen LogP) is 2.31. The molecule has 0 saturated carbocycles. The van der Waals surface area contributed by atoms with Gasteiger partial charge < -0.3 is 14.6 Å². The van der Waals surface area contributed by atoms with E-state index in [2.05, 4.69) is 20.4 Å². The number of hydrogen-bond acceptors (Lipinski definition) is 7. The van der Waals surface area contributed by atoms with Crippen molar-refractivity contribution < 1.29 is 23.2 Å². The molecule has 1 N–H and O–H groups in total. The van der Waals surface area contributed by atoms with Crippen LogP contribution in [0.2, 0.25) is 0 Å². The molecule has 1 aromatic carbocycles. The molecule has 2 aromatic heterocycles. The zero-order valence-corrected chi connectivity index (χ0v) is 15.0. The molecule has 28 heavy (non-hydrogen) atoms. The summed E-state index contributed by atoms with van der Waals surface area (Å²) in [4.78, 5) is 31.8. The summed E-state index contributed by atoms with van der Waals surface area (Å²) < 4.78 is 23.1. The Kier molecular flexibility index (Phi) is 6.05. The molecule has 0 saturated heterocycles. The molecule has 0 aliphatic rings. The number of rotatable bonds is 7. The second-order valence-electron chi connectivity index (χ2n) is 5.71. The third-order valence-corrected chi connectivity index (χ3v) is 3.66. The molecular formula is C19H17FN4O4.